The Morgan fingerprint density at radius 1 is 0.661 bits per heavy atom. The number of guanidine groups is 1. The van der Waals surface area contributed by atoms with Gasteiger partial charge in [-0.25, -0.2) is 14.4 Å². The van der Waals surface area contributed by atoms with Gasteiger partial charge in [-0.05, 0) is 58.2 Å². The molecule has 0 aromatic heterocycles. The summed E-state index contributed by atoms with van der Waals surface area (Å²) in [6.07, 6.45) is -6.76. The minimum Gasteiger partial charge on any atom is -0.508 e. The van der Waals surface area contributed by atoms with Crippen LogP contribution in [-0.4, -0.2) is 130 Å². The number of unbranched alkanes of at least 4 members (excludes halogenated alkanes) is 6. The largest absolute Gasteiger partial charge is 0.508 e. The summed E-state index contributed by atoms with van der Waals surface area (Å²) in [5.41, 5.74) is 16.7. The van der Waals surface area contributed by atoms with Crippen LogP contribution in [0.2, 0.25) is 0 Å². The first-order valence-electron chi connectivity index (χ1n) is 18.2. The zero-order valence-electron chi connectivity index (χ0n) is 33.3. The van der Waals surface area contributed by atoms with Gasteiger partial charge in [-0.2, -0.15) is 39.5 Å². The number of carboxylic acid groups (broad SMARTS) is 3. The normalized spacial score (nSPS) is 11.9. The third-order valence-corrected chi connectivity index (χ3v) is 7.15. The third kappa shape index (κ3) is 36.1. The summed E-state index contributed by atoms with van der Waals surface area (Å²) in [6.45, 7) is 5.03. The summed E-state index contributed by atoms with van der Waals surface area (Å²) in [5.74, 6) is -9.34. The number of hydrogen-bond acceptors (Lipinski definition) is 11. The third-order valence-electron chi connectivity index (χ3n) is 7.15. The predicted octanol–water partition coefficient (Wildman–Crippen LogP) is 1.98. The Morgan fingerprint density at radius 3 is 1.45 bits per heavy atom. The van der Waals surface area contributed by atoms with E-state index in [1.54, 1.807) is 6.92 Å². The molecule has 0 spiro atoms. The van der Waals surface area contributed by atoms with Crippen LogP contribution in [0.3, 0.4) is 0 Å². The highest BCUT2D eigenvalue weighted by Gasteiger charge is 2.39. The van der Waals surface area contributed by atoms with E-state index in [0.29, 0.717) is 31.6 Å². The van der Waals surface area contributed by atoms with Crippen molar-refractivity contribution in [1.82, 2.24) is 21.3 Å². The summed E-state index contributed by atoms with van der Waals surface area (Å²) >= 11 is 0. The molecule has 0 aliphatic carbocycles. The molecule has 0 bridgehead atoms. The number of hydrogen-bond donors (Lipinski definition) is 12. The lowest BCUT2D eigenvalue weighted by atomic mass is 10.1. The van der Waals surface area contributed by atoms with Crippen LogP contribution in [0.5, 0.6) is 11.5 Å². The molecule has 1 rings (SSSR count). The molecule has 0 fully saturated rings. The number of aromatic hydroxyl groups is 2. The van der Waals surface area contributed by atoms with Crippen LogP contribution in [0.25, 0.3) is 0 Å². The van der Waals surface area contributed by atoms with Gasteiger partial charge in [-0.1, -0.05) is 31.7 Å². The van der Waals surface area contributed by atoms with E-state index in [0.717, 1.165) is 64.5 Å². The van der Waals surface area contributed by atoms with Crippen LogP contribution in [0.1, 0.15) is 70.3 Å². The van der Waals surface area contributed by atoms with Crippen LogP contribution < -0.4 is 38.5 Å². The van der Waals surface area contributed by atoms with E-state index in [2.05, 4.69) is 26.3 Å². The molecule has 28 heteroatoms. The van der Waals surface area contributed by atoms with Crippen molar-refractivity contribution in [2.24, 2.45) is 22.2 Å². The van der Waals surface area contributed by atoms with Crippen molar-refractivity contribution in [1.29, 1.82) is 0 Å². The quantitative estimate of drug-likeness (QED) is 0.0342. The highest BCUT2D eigenvalue weighted by atomic mass is 19.4. The van der Waals surface area contributed by atoms with E-state index < -0.39 is 48.5 Å². The number of halogens is 9. The predicted molar refractivity (Wildman–Crippen MR) is 201 cm³/mol. The zero-order valence-corrected chi connectivity index (χ0v) is 33.3. The van der Waals surface area contributed by atoms with Crippen LogP contribution in [-0.2, 0) is 35.2 Å². The fourth-order valence-electron chi connectivity index (χ4n) is 3.99. The number of carbonyl (C=O) groups excluding carboxylic acids is 3. The van der Waals surface area contributed by atoms with Crippen LogP contribution in [0, 0.1) is 0 Å². The second-order valence-electron chi connectivity index (χ2n) is 12.5. The molecular weight excluding hydrogens is 867 g/mol. The lowest BCUT2D eigenvalue weighted by Gasteiger charge is -2.14. The van der Waals surface area contributed by atoms with E-state index in [-0.39, 0.29) is 41.6 Å². The minimum atomic E-state index is -5.08. The van der Waals surface area contributed by atoms with Crippen molar-refractivity contribution in [3.63, 3.8) is 0 Å². The van der Waals surface area contributed by atoms with Gasteiger partial charge in [0.15, 0.2) is 5.96 Å². The van der Waals surface area contributed by atoms with Crippen molar-refractivity contribution in [2.45, 2.75) is 102 Å². The second-order valence-corrected chi connectivity index (χ2v) is 12.5. The number of nitrogens with zero attached hydrogens (tertiary/aromatic N) is 1. The van der Waals surface area contributed by atoms with E-state index in [4.69, 9.17) is 46.9 Å². The number of carbonyl (C=O) groups is 6. The molecule has 62 heavy (non-hydrogen) atoms. The lowest BCUT2D eigenvalue weighted by molar-refractivity contribution is -0.193. The molecule has 2 atom stereocenters. The number of phenols is 2. The summed E-state index contributed by atoms with van der Waals surface area (Å²) in [6, 6.07) is 2.74. The van der Waals surface area contributed by atoms with Crippen molar-refractivity contribution in [3.05, 3.63) is 23.8 Å². The monoisotopic (exact) mass is 920 g/mol. The average Bonchev–Trinajstić information content (AvgIpc) is 3.13. The topological polar surface area (TPSA) is 342 Å². The number of carboxylic acids is 3. The zero-order chi connectivity index (χ0) is 48.7. The van der Waals surface area contributed by atoms with Crippen LogP contribution in [0.15, 0.2) is 23.2 Å². The van der Waals surface area contributed by atoms with Crippen molar-refractivity contribution in [3.8, 4) is 11.5 Å². The maximum absolute atomic E-state index is 12.2. The molecule has 1 aromatic rings. The summed E-state index contributed by atoms with van der Waals surface area (Å²) in [7, 11) is 0. The van der Waals surface area contributed by atoms with E-state index in [1.165, 1.54) is 18.2 Å². The van der Waals surface area contributed by atoms with Gasteiger partial charge in [0.25, 0.3) is 0 Å². The summed E-state index contributed by atoms with van der Waals surface area (Å²) in [4.78, 5) is 66.8. The Labute approximate surface area is 348 Å². The second kappa shape index (κ2) is 32.0. The van der Waals surface area contributed by atoms with Crippen molar-refractivity contribution < 1.29 is 93.8 Å². The average molecular weight is 921 g/mol. The molecule has 19 nitrogen and oxygen atoms in total. The lowest BCUT2D eigenvalue weighted by Crippen LogP contribution is -2.45. The Morgan fingerprint density at radius 2 is 1.05 bits per heavy atom. The SMILES string of the molecule is C[C@H](NC(=O)Cc1ccc(O)cc1O)C(=O)NCCCCCCCNCCCCCNC(=O)[C@@H](N)CCN=C(N)N.O=C(O)C(F)(F)F.O=C(O)C(F)(F)F.O=C(O)C(F)(F)F. The van der Waals surface area contributed by atoms with Gasteiger partial charge in [-0.15, -0.1) is 0 Å². The summed E-state index contributed by atoms with van der Waals surface area (Å²) < 4.78 is 95.2. The van der Waals surface area contributed by atoms with Gasteiger partial charge in [-0.3, -0.25) is 19.4 Å². The summed E-state index contributed by atoms with van der Waals surface area (Å²) in [5, 5.41) is 52.2. The molecule has 0 saturated heterocycles. The van der Waals surface area contributed by atoms with Crippen LogP contribution in [0.4, 0.5) is 39.5 Å². The molecule has 0 radical (unpaired) electrons. The fourth-order valence-corrected chi connectivity index (χ4v) is 3.99. The number of aliphatic imine (C=N–C) groups is 1. The van der Waals surface area contributed by atoms with E-state index in [9.17, 15) is 64.1 Å². The fraction of sp³-hybridized carbons (Fsp3) is 0.618. The first kappa shape index (κ1) is 60.5. The van der Waals surface area contributed by atoms with Crippen molar-refractivity contribution in [2.75, 3.05) is 32.7 Å². The van der Waals surface area contributed by atoms with Crippen LogP contribution >= 0.6 is 0 Å². The molecule has 0 aliphatic rings. The highest BCUT2D eigenvalue weighted by Crippen LogP contribution is 2.23. The van der Waals surface area contributed by atoms with Gasteiger partial charge in [0, 0.05) is 31.3 Å². The molecule has 15 N–H and O–H groups in total. The molecule has 0 saturated carbocycles. The molecule has 0 heterocycles. The molecular formula is C34H53F9N8O11. The Kier molecular flexibility index (Phi) is 31.2. The number of alkyl halides is 9. The van der Waals surface area contributed by atoms with Gasteiger partial charge in [0.2, 0.25) is 17.7 Å². The molecule has 0 aliphatic heterocycles. The molecule has 358 valence electrons. The highest BCUT2D eigenvalue weighted by molar-refractivity contribution is 5.88. The van der Waals surface area contributed by atoms with Crippen molar-refractivity contribution >= 4 is 41.6 Å². The minimum absolute atomic E-state index is 0.00548. The maximum Gasteiger partial charge on any atom is 0.490 e. The number of aliphatic carboxylic acids is 3. The molecule has 0 unspecified atom stereocenters. The van der Waals surface area contributed by atoms with Gasteiger partial charge in [0.1, 0.15) is 17.5 Å². The first-order valence-corrected chi connectivity index (χ1v) is 18.2. The smallest absolute Gasteiger partial charge is 0.490 e. The molecule has 3 amide bonds. The standard InChI is InChI=1S/C28H50N8O5.3C2HF3O2/c1-20(36-25(39)18-21-10-11-22(37)19-24(21)38)26(40)33-15-8-4-2-3-6-13-32-14-7-5-9-16-34-27(41)23(29)12-17-35-28(30)31;3*3-2(4,5)1(6)7/h10-11,19-20,23,32,37-38H,2-9,12-18,29H2,1H3,(H,33,40)(H,34,41)(H,36,39)(H4,30,31,35);3*(H,6,7)/t20-,23-;;;/m0.../s1. The number of rotatable bonds is 22. The molecule has 1 aromatic carbocycles. The van der Waals surface area contributed by atoms with E-state index in [1.807, 2.05) is 0 Å². The van der Waals surface area contributed by atoms with Gasteiger partial charge in [0.05, 0.1) is 12.5 Å². The first-order chi connectivity index (χ1) is 28.4. The Balaban J connectivity index is -0.00000134. The number of benzene rings is 1. The number of nitrogens with two attached hydrogens (primary N) is 3. The van der Waals surface area contributed by atoms with E-state index >= 15 is 0 Å². The van der Waals surface area contributed by atoms with Gasteiger partial charge < -0.3 is 64.0 Å². The number of amides is 3. The van der Waals surface area contributed by atoms with Gasteiger partial charge >= 0.3 is 36.4 Å². The maximum atomic E-state index is 12.2. The Bertz CT molecular complexity index is 1490. The number of nitrogens with one attached hydrogen (secondary N) is 4. The Hall–Kier alpha value is -5.80. The number of phenolic OH excluding ortho intramolecular Hbond substituents is 2.